The maximum atomic E-state index is 14.3. The van der Waals surface area contributed by atoms with Crippen LogP contribution in [0.1, 0.15) is 59.7 Å². The molecule has 192 valence electrons. The van der Waals surface area contributed by atoms with Gasteiger partial charge in [-0.05, 0) is 56.4 Å². The van der Waals surface area contributed by atoms with Crippen LogP contribution >= 0.6 is 34.5 Å². The summed E-state index contributed by atoms with van der Waals surface area (Å²) in [5.74, 6) is -0.616. The van der Waals surface area contributed by atoms with Gasteiger partial charge in [-0.1, -0.05) is 45.8 Å². The number of thiazole rings is 1. The van der Waals surface area contributed by atoms with Crippen LogP contribution in [-0.2, 0) is 11.3 Å². The first kappa shape index (κ1) is 24.6. The second kappa shape index (κ2) is 9.87. The minimum atomic E-state index is -1.17. The van der Waals surface area contributed by atoms with Crippen LogP contribution < -0.4 is 5.32 Å². The zero-order valence-electron chi connectivity index (χ0n) is 19.5. The van der Waals surface area contributed by atoms with Crippen LogP contribution in [0.25, 0.3) is 21.5 Å². The van der Waals surface area contributed by atoms with Crippen molar-refractivity contribution in [1.29, 1.82) is 0 Å². The lowest BCUT2D eigenvalue weighted by Gasteiger charge is -2.14. The Morgan fingerprint density at radius 1 is 1.22 bits per heavy atom. The van der Waals surface area contributed by atoms with Crippen LogP contribution in [0.5, 0.6) is 0 Å². The number of nitrogens with one attached hydrogen (secondary N) is 1. The number of ether oxygens (including phenoxy) is 1. The zero-order chi connectivity index (χ0) is 25.7. The molecule has 6 rings (SSSR count). The highest BCUT2D eigenvalue weighted by molar-refractivity contribution is 7.22. The molecule has 2 heterocycles. The van der Waals surface area contributed by atoms with Crippen molar-refractivity contribution < 1.29 is 23.6 Å². The van der Waals surface area contributed by atoms with E-state index in [4.69, 9.17) is 32.5 Å². The summed E-state index contributed by atoms with van der Waals surface area (Å²) >= 11 is 14.2. The maximum Gasteiger partial charge on any atom is 0.335 e. The summed E-state index contributed by atoms with van der Waals surface area (Å²) in [5.41, 5.74) is 2.26. The lowest BCUT2D eigenvalue weighted by Crippen LogP contribution is -2.17. The first-order valence-electron chi connectivity index (χ1n) is 12.0. The standard InChI is InChI=1S/C26H22Cl2FN3O4S/c27-17-2-1-3-18(28)21(17)22-16(24(36-32-22)12-4-5-12)11-35-15-7-6-14(10-15)30-26-31-23-19(29)8-13(25(33)34)9-20(23)37-26/h1-3,8-9,12,14-15H,4-7,10-11H2,(H,30,31)(H,33,34)/t14-,15+/m1/s1. The minimum Gasteiger partial charge on any atom is -0.478 e. The van der Waals surface area contributed by atoms with Crippen molar-refractivity contribution in [2.45, 2.75) is 56.8 Å². The third-order valence-corrected chi connectivity index (χ3v) is 8.40. The van der Waals surface area contributed by atoms with E-state index >= 15 is 0 Å². The summed E-state index contributed by atoms with van der Waals surface area (Å²) in [6.45, 7) is 0.341. The maximum absolute atomic E-state index is 14.3. The molecule has 11 heteroatoms. The van der Waals surface area contributed by atoms with Crippen LogP contribution in [0.4, 0.5) is 9.52 Å². The van der Waals surface area contributed by atoms with Crippen molar-refractivity contribution in [2.75, 3.05) is 5.32 Å². The number of halogens is 3. The molecule has 0 spiro atoms. The summed E-state index contributed by atoms with van der Waals surface area (Å²) in [4.78, 5) is 15.6. The third kappa shape index (κ3) is 4.93. The molecule has 7 nitrogen and oxygen atoms in total. The number of rotatable bonds is 8. The summed E-state index contributed by atoms with van der Waals surface area (Å²) in [6.07, 6.45) is 4.61. The van der Waals surface area contributed by atoms with Gasteiger partial charge in [0.15, 0.2) is 10.9 Å². The van der Waals surface area contributed by atoms with E-state index in [1.54, 1.807) is 18.2 Å². The monoisotopic (exact) mass is 561 g/mol. The molecule has 37 heavy (non-hydrogen) atoms. The number of hydrogen-bond acceptors (Lipinski definition) is 7. The number of anilines is 1. The predicted octanol–water partition coefficient (Wildman–Crippen LogP) is 7.52. The van der Waals surface area contributed by atoms with Crippen molar-refractivity contribution in [2.24, 2.45) is 0 Å². The molecule has 0 radical (unpaired) electrons. The highest BCUT2D eigenvalue weighted by Crippen LogP contribution is 2.46. The molecule has 2 aliphatic carbocycles. The number of carbonyl (C=O) groups is 1. The molecule has 2 aromatic carbocycles. The second-order valence-corrected chi connectivity index (χ2v) is 11.3. The first-order chi connectivity index (χ1) is 17.9. The molecule has 0 bridgehead atoms. The fourth-order valence-corrected chi connectivity index (χ4v) is 6.39. The molecule has 0 saturated heterocycles. The highest BCUT2D eigenvalue weighted by atomic mass is 35.5. The normalized spacial score (nSPS) is 19.5. The number of carboxylic acid groups (broad SMARTS) is 1. The van der Waals surface area contributed by atoms with E-state index in [-0.39, 0.29) is 23.2 Å². The topological polar surface area (TPSA) is 97.5 Å². The van der Waals surface area contributed by atoms with Crippen LogP contribution in [-0.4, -0.2) is 33.4 Å². The molecular weight excluding hydrogens is 540 g/mol. The van der Waals surface area contributed by atoms with E-state index in [0.717, 1.165) is 49.5 Å². The molecule has 2 N–H and O–H groups in total. The molecule has 0 unspecified atom stereocenters. The molecular formula is C26H22Cl2FN3O4S. The van der Waals surface area contributed by atoms with E-state index in [9.17, 15) is 14.3 Å². The minimum absolute atomic E-state index is 0.0127. The van der Waals surface area contributed by atoms with Crippen LogP contribution in [0, 0.1) is 5.82 Å². The second-order valence-electron chi connectivity index (χ2n) is 9.46. The summed E-state index contributed by atoms with van der Waals surface area (Å²) in [5, 5.41) is 18.5. The lowest BCUT2D eigenvalue weighted by molar-refractivity contribution is 0.0446. The molecule has 0 aliphatic heterocycles. The van der Waals surface area contributed by atoms with Gasteiger partial charge < -0.3 is 19.7 Å². The SMILES string of the molecule is O=C(O)c1cc(F)c2nc(N[C@@H]3CC[C@H](OCc4c(-c5c(Cl)cccc5Cl)noc4C4CC4)C3)sc2c1. The van der Waals surface area contributed by atoms with E-state index in [2.05, 4.69) is 15.5 Å². The lowest BCUT2D eigenvalue weighted by atomic mass is 10.0. The van der Waals surface area contributed by atoms with Crippen LogP contribution in [0.15, 0.2) is 34.9 Å². The van der Waals surface area contributed by atoms with Gasteiger partial charge in [-0.3, -0.25) is 0 Å². The predicted molar refractivity (Wildman–Crippen MR) is 140 cm³/mol. The van der Waals surface area contributed by atoms with E-state index in [1.807, 2.05) is 0 Å². The van der Waals surface area contributed by atoms with Gasteiger partial charge in [0.25, 0.3) is 0 Å². The Morgan fingerprint density at radius 2 is 2.00 bits per heavy atom. The number of aromatic nitrogens is 2. The average molecular weight is 562 g/mol. The van der Waals surface area contributed by atoms with Gasteiger partial charge in [0.1, 0.15) is 17.0 Å². The Kier molecular flexibility index (Phi) is 6.56. The van der Waals surface area contributed by atoms with Crippen LogP contribution in [0.3, 0.4) is 0 Å². The largest absolute Gasteiger partial charge is 0.478 e. The van der Waals surface area contributed by atoms with Gasteiger partial charge in [0.2, 0.25) is 0 Å². The molecule has 2 fully saturated rings. The molecule has 2 aromatic heterocycles. The summed E-state index contributed by atoms with van der Waals surface area (Å²) < 4.78 is 26.9. The number of aromatic carboxylic acids is 1. The Morgan fingerprint density at radius 3 is 2.73 bits per heavy atom. The number of fused-ring (bicyclic) bond motifs is 1. The van der Waals surface area contributed by atoms with Gasteiger partial charge in [-0.2, -0.15) is 0 Å². The quantitative estimate of drug-likeness (QED) is 0.229. The number of hydrogen-bond donors (Lipinski definition) is 2. The molecule has 0 amide bonds. The third-order valence-electron chi connectivity index (χ3n) is 6.84. The fourth-order valence-electron chi connectivity index (χ4n) is 4.82. The zero-order valence-corrected chi connectivity index (χ0v) is 21.8. The average Bonchev–Trinajstić information content (AvgIpc) is 3.26. The van der Waals surface area contributed by atoms with Gasteiger partial charge in [-0.25, -0.2) is 14.2 Å². The van der Waals surface area contributed by atoms with Crippen molar-refractivity contribution in [3.05, 3.63) is 63.1 Å². The molecule has 2 aliphatic rings. The van der Waals surface area contributed by atoms with Gasteiger partial charge in [0.05, 0.1) is 33.0 Å². The highest BCUT2D eigenvalue weighted by Gasteiger charge is 2.34. The van der Waals surface area contributed by atoms with Crippen molar-refractivity contribution >= 4 is 55.9 Å². The van der Waals surface area contributed by atoms with Crippen molar-refractivity contribution in [3.8, 4) is 11.3 Å². The Bertz CT molecular complexity index is 1480. The van der Waals surface area contributed by atoms with Crippen LogP contribution in [0.2, 0.25) is 10.0 Å². The van der Waals surface area contributed by atoms with Crippen molar-refractivity contribution in [1.82, 2.24) is 10.1 Å². The Labute approximate surface area is 225 Å². The molecule has 2 atom stereocenters. The van der Waals surface area contributed by atoms with E-state index in [1.165, 1.54) is 17.4 Å². The number of benzene rings is 2. The van der Waals surface area contributed by atoms with E-state index < -0.39 is 11.8 Å². The Hall–Kier alpha value is -2.72. The Balaban J connectivity index is 1.14. The van der Waals surface area contributed by atoms with Gasteiger partial charge in [-0.15, -0.1) is 0 Å². The summed E-state index contributed by atoms with van der Waals surface area (Å²) in [6, 6.07) is 7.91. The molecule has 2 saturated carbocycles. The number of carboxylic acids is 1. The summed E-state index contributed by atoms with van der Waals surface area (Å²) in [7, 11) is 0. The van der Waals surface area contributed by atoms with Gasteiger partial charge >= 0.3 is 5.97 Å². The fraction of sp³-hybridized carbons (Fsp3) is 0.346. The number of nitrogens with zero attached hydrogens (tertiary/aromatic N) is 2. The van der Waals surface area contributed by atoms with E-state index in [0.29, 0.717) is 43.7 Å². The smallest absolute Gasteiger partial charge is 0.335 e. The molecule has 4 aromatic rings. The first-order valence-corrected chi connectivity index (χ1v) is 13.6. The van der Waals surface area contributed by atoms with Crippen molar-refractivity contribution in [3.63, 3.8) is 0 Å². The van der Waals surface area contributed by atoms with Gasteiger partial charge in [0, 0.05) is 23.1 Å².